The number of benzene rings is 1. The molecule has 1 aliphatic rings. The lowest BCUT2D eigenvalue weighted by Gasteiger charge is -2.17. The van der Waals surface area contributed by atoms with Crippen molar-refractivity contribution in [3.8, 4) is 5.69 Å². The monoisotopic (exact) mass is 398 g/mol. The predicted molar refractivity (Wildman–Crippen MR) is 113 cm³/mol. The number of amides is 1. The summed E-state index contributed by atoms with van der Waals surface area (Å²) < 4.78 is 7.31. The van der Waals surface area contributed by atoms with Crippen molar-refractivity contribution in [1.29, 1.82) is 0 Å². The molecule has 0 aliphatic carbocycles. The molecule has 1 aromatic heterocycles. The lowest BCUT2D eigenvalue weighted by atomic mass is 10.1. The van der Waals surface area contributed by atoms with Gasteiger partial charge in [-0.3, -0.25) is 4.79 Å². The largest absolute Gasteiger partial charge is 0.381 e. The first-order valence-electron chi connectivity index (χ1n) is 9.93. The highest BCUT2D eigenvalue weighted by atomic mass is 16.5. The third-order valence-electron chi connectivity index (χ3n) is 4.86. The Morgan fingerprint density at radius 1 is 1.31 bits per heavy atom. The van der Waals surface area contributed by atoms with Crippen LogP contribution in [0.25, 0.3) is 5.69 Å². The van der Waals surface area contributed by atoms with Gasteiger partial charge in [-0.25, -0.2) is 9.67 Å². The average Bonchev–Trinajstić information content (AvgIpc) is 3.39. The van der Waals surface area contributed by atoms with Gasteiger partial charge < -0.3 is 20.3 Å². The van der Waals surface area contributed by atoms with Crippen molar-refractivity contribution in [3.63, 3.8) is 0 Å². The van der Waals surface area contributed by atoms with Gasteiger partial charge in [-0.05, 0) is 31.0 Å². The number of nitrogens with one attached hydrogen (secondary N) is 2. The van der Waals surface area contributed by atoms with E-state index in [2.05, 4.69) is 15.7 Å². The zero-order chi connectivity index (χ0) is 20.6. The summed E-state index contributed by atoms with van der Waals surface area (Å²) in [5.41, 5.74) is 3.02. The molecule has 1 fully saturated rings. The van der Waals surface area contributed by atoms with E-state index < -0.39 is 0 Å². The summed E-state index contributed by atoms with van der Waals surface area (Å²) in [7, 11) is 3.49. The molecule has 1 aromatic carbocycles. The van der Waals surface area contributed by atoms with Crippen molar-refractivity contribution in [2.24, 2.45) is 10.9 Å². The summed E-state index contributed by atoms with van der Waals surface area (Å²) in [6, 6.07) is 10.0. The fraction of sp³-hybridized carbons (Fsp3) is 0.476. The van der Waals surface area contributed by atoms with Gasteiger partial charge in [-0.2, -0.15) is 5.10 Å². The van der Waals surface area contributed by atoms with Crippen LogP contribution >= 0.6 is 0 Å². The molecule has 1 saturated heterocycles. The van der Waals surface area contributed by atoms with Crippen LogP contribution in [0.1, 0.15) is 17.7 Å². The molecule has 29 heavy (non-hydrogen) atoms. The highest BCUT2D eigenvalue weighted by Gasteiger charge is 2.16. The maximum atomic E-state index is 12.0. The van der Waals surface area contributed by atoms with E-state index in [9.17, 15) is 4.79 Å². The molecule has 0 saturated carbocycles. The summed E-state index contributed by atoms with van der Waals surface area (Å²) in [4.78, 5) is 18.3. The normalized spacial score (nSPS) is 16.7. The Bertz CT molecular complexity index is 839. The molecule has 1 atom stereocenters. The summed E-state index contributed by atoms with van der Waals surface area (Å²) in [5, 5.41) is 11.0. The molecule has 156 valence electrons. The molecule has 1 unspecified atom stereocenters. The van der Waals surface area contributed by atoms with Gasteiger partial charge in [0.2, 0.25) is 5.91 Å². The molecule has 8 heteroatoms. The molecular weight excluding hydrogens is 368 g/mol. The maximum absolute atomic E-state index is 12.0. The Balaban J connectivity index is 1.71. The van der Waals surface area contributed by atoms with Gasteiger partial charge in [0.1, 0.15) is 0 Å². The van der Waals surface area contributed by atoms with Crippen LogP contribution in [-0.2, 0) is 16.1 Å². The number of likely N-dealkylation sites (N-methyl/N-ethyl adjacent to an activating group) is 1. The number of nitrogens with zero attached hydrogens (tertiary/aromatic N) is 4. The molecule has 2 aromatic rings. The number of carbonyl (C=O) groups is 1. The number of carbonyl (C=O) groups excluding carboxylic acids is 1. The standard InChI is InChI=1S/C21H30N6O2/c1-16-8-10-27(25-16)19-7-5-4-6-18(19)13-23-21(24-14-20(28)26(2)3)22-12-17-9-11-29-15-17/h4-8,10,17H,9,11-15H2,1-3H3,(H2,22,23,24). The van der Waals surface area contributed by atoms with Crippen LogP contribution in [0.4, 0.5) is 0 Å². The van der Waals surface area contributed by atoms with E-state index in [-0.39, 0.29) is 12.5 Å². The van der Waals surface area contributed by atoms with Crippen molar-refractivity contribution in [2.75, 3.05) is 40.4 Å². The SMILES string of the molecule is Cc1ccn(-c2ccccc2CN=C(NCC(=O)N(C)C)NCC2CCOC2)n1. The van der Waals surface area contributed by atoms with Crippen LogP contribution in [0.2, 0.25) is 0 Å². The van der Waals surface area contributed by atoms with Gasteiger partial charge in [-0.1, -0.05) is 18.2 Å². The third kappa shape index (κ3) is 6.05. The molecule has 3 rings (SSSR count). The highest BCUT2D eigenvalue weighted by Crippen LogP contribution is 2.15. The zero-order valence-electron chi connectivity index (χ0n) is 17.4. The predicted octanol–water partition coefficient (Wildman–Crippen LogP) is 1.34. The first-order chi connectivity index (χ1) is 14.0. The molecule has 0 radical (unpaired) electrons. The summed E-state index contributed by atoms with van der Waals surface area (Å²) in [6.07, 6.45) is 2.99. The summed E-state index contributed by atoms with van der Waals surface area (Å²) in [5.74, 6) is 1.08. The summed E-state index contributed by atoms with van der Waals surface area (Å²) >= 11 is 0. The molecule has 8 nitrogen and oxygen atoms in total. The van der Waals surface area contributed by atoms with E-state index >= 15 is 0 Å². The topological polar surface area (TPSA) is 83.8 Å². The van der Waals surface area contributed by atoms with Crippen LogP contribution in [0.3, 0.4) is 0 Å². The van der Waals surface area contributed by atoms with E-state index in [0.717, 1.165) is 43.1 Å². The van der Waals surface area contributed by atoms with Crippen molar-refractivity contribution in [2.45, 2.75) is 19.9 Å². The number of para-hydroxylation sites is 1. The third-order valence-corrected chi connectivity index (χ3v) is 4.86. The van der Waals surface area contributed by atoms with Gasteiger partial charge in [0, 0.05) is 39.4 Å². The van der Waals surface area contributed by atoms with Crippen LogP contribution in [0.5, 0.6) is 0 Å². The number of guanidine groups is 1. The first kappa shape index (κ1) is 20.9. The minimum Gasteiger partial charge on any atom is -0.381 e. The second kappa shape index (κ2) is 10.1. The van der Waals surface area contributed by atoms with E-state index in [0.29, 0.717) is 18.4 Å². The van der Waals surface area contributed by atoms with Gasteiger partial charge in [0.25, 0.3) is 0 Å². The molecule has 0 bridgehead atoms. The number of rotatable bonds is 7. The van der Waals surface area contributed by atoms with Crippen LogP contribution in [0, 0.1) is 12.8 Å². The Morgan fingerprint density at radius 2 is 2.14 bits per heavy atom. The Morgan fingerprint density at radius 3 is 2.83 bits per heavy atom. The first-order valence-corrected chi connectivity index (χ1v) is 9.93. The number of ether oxygens (including phenoxy) is 1. The molecular formula is C21H30N6O2. The Labute approximate surface area is 171 Å². The van der Waals surface area contributed by atoms with E-state index in [1.54, 1.807) is 19.0 Å². The van der Waals surface area contributed by atoms with Crippen LogP contribution < -0.4 is 10.6 Å². The average molecular weight is 399 g/mol. The quantitative estimate of drug-likeness (QED) is 0.543. The molecule has 2 N–H and O–H groups in total. The van der Waals surface area contributed by atoms with Crippen molar-refractivity contribution < 1.29 is 9.53 Å². The summed E-state index contributed by atoms with van der Waals surface area (Å²) in [6.45, 7) is 4.97. The smallest absolute Gasteiger partial charge is 0.241 e. The van der Waals surface area contributed by atoms with Gasteiger partial charge in [0.05, 0.1) is 31.1 Å². The zero-order valence-corrected chi connectivity index (χ0v) is 17.4. The van der Waals surface area contributed by atoms with E-state index in [1.165, 1.54) is 0 Å². The van der Waals surface area contributed by atoms with Crippen molar-refractivity contribution >= 4 is 11.9 Å². The number of hydrogen-bond acceptors (Lipinski definition) is 4. The van der Waals surface area contributed by atoms with E-state index in [4.69, 9.17) is 9.73 Å². The van der Waals surface area contributed by atoms with E-state index in [1.807, 2.05) is 48.1 Å². The van der Waals surface area contributed by atoms with Gasteiger partial charge in [-0.15, -0.1) is 0 Å². The Kier molecular flexibility index (Phi) is 7.24. The number of aliphatic imine (C=N–C) groups is 1. The number of aryl methyl sites for hydroxylation is 1. The molecule has 1 aliphatic heterocycles. The van der Waals surface area contributed by atoms with Crippen molar-refractivity contribution in [1.82, 2.24) is 25.3 Å². The van der Waals surface area contributed by atoms with Crippen molar-refractivity contribution in [3.05, 3.63) is 47.8 Å². The van der Waals surface area contributed by atoms with Gasteiger partial charge >= 0.3 is 0 Å². The Hall–Kier alpha value is -2.87. The molecule has 2 heterocycles. The minimum absolute atomic E-state index is 0.00360. The second-order valence-electron chi connectivity index (χ2n) is 7.45. The van der Waals surface area contributed by atoms with Gasteiger partial charge in [0.15, 0.2) is 5.96 Å². The van der Waals surface area contributed by atoms with Crippen LogP contribution in [0.15, 0.2) is 41.5 Å². The highest BCUT2D eigenvalue weighted by molar-refractivity contribution is 5.86. The lowest BCUT2D eigenvalue weighted by molar-refractivity contribution is -0.127. The maximum Gasteiger partial charge on any atom is 0.241 e. The fourth-order valence-corrected chi connectivity index (χ4v) is 3.06. The number of aromatic nitrogens is 2. The minimum atomic E-state index is -0.00360. The lowest BCUT2D eigenvalue weighted by Crippen LogP contribution is -2.44. The fourth-order valence-electron chi connectivity index (χ4n) is 3.06. The van der Waals surface area contributed by atoms with Crippen LogP contribution in [-0.4, -0.2) is 66.9 Å². The molecule has 0 spiro atoms. The number of hydrogen-bond donors (Lipinski definition) is 2. The second-order valence-corrected chi connectivity index (χ2v) is 7.45. The molecule has 1 amide bonds.